The molecule has 1 unspecified atom stereocenters. The van der Waals surface area contributed by atoms with Crippen LogP contribution in [0.4, 0.5) is 0 Å². The fourth-order valence-corrected chi connectivity index (χ4v) is 4.35. The first kappa shape index (κ1) is 19.0. The van der Waals surface area contributed by atoms with Crippen LogP contribution in [0, 0.1) is 5.92 Å². The highest BCUT2D eigenvalue weighted by Crippen LogP contribution is 2.36. The second-order valence-corrected chi connectivity index (χ2v) is 8.55. The van der Waals surface area contributed by atoms with E-state index in [1.165, 1.54) is 29.1 Å². The molecular formula is C20H26BrNO2S. The van der Waals surface area contributed by atoms with Gasteiger partial charge >= 0.3 is 0 Å². The Morgan fingerprint density at radius 2 is 2.16 bits per heavy atom. The van der Waals surface area contributed by atoms with Gasteiger partial charge in [-0.25, -0.2) is 0 Å². The first-order valence-electron chi connectivity index (χ1n) is 8.82. The summed E-state index contributed by atoms with van der Waals surface area (Å²) < 4.78 is 12.5. The van der Waals surface area contributed by atoms with Crippen molar-refractivity contribution in [3.8, 4) is 5.75 Å². The quantitative estimate of drug-likeness (QED) is 0.416. The van der Waals surface area contributed by atoms with Crippen molar-refractivity contribution in [3.05, 3.63) is 50.9 Å². The Bertz CT molecular complexity index is 655. The van der Waals surface area contributed by atoms with Crippen molar-refractivity contribution in [1.29, 1.82) is 0 Å². The van der Waals surface area contributed by atoms with Crippen LogP contribution in [0.2, 0.25) is 0 Å². The molecule has 1 aromatic carbocycles. The van der Waals surface area contributed by atoms with E-state index in [1.54, 1.807) is 7.11 Å². The molecule has 0 aromatic heterocycles. The van der Waals surface area contributed by atoms with Crippen molar-refractivity contribution in [2.45, 2.75) is 19.1 Å². The summed E-state index contributed by atoms with van der Waals surface area (Å²) in [5.74, 6) is 2.43. The van der Waals surface area contributed by atoms with Gasteiger partial charge in [0, 0.05) is 40.3 Å². The van der Waals surface area contributed by atoms with Gasteiger partial charge in [-0.15, -0.1) is 11.8 Å². The molecule has 1 heterocycles. The summed E-state index contributed by atoms with van der Waals surface area (Å²) in [6.07, 6.45) is 5.84. The number of hydrogen-bond acceptors (Lipinski definition) is 4. The van der Waals surface area contributed by atoms with E-state index in [4.69, 9.17) is 9.47 Å². The molecule has 1 aliphatic heterocycles. The molecule has 1 aliphatic carbocycles. The molecule has 0 saturated carbocycles. The zero-order valence-corrected chi connectivity index (χ0v) is 17.4. The molecule has 0 radical (unpaired) electrons. The lowest BCUT2D eigenvalue weighted by Gasteiger charge is -2.20. The number of rotatable bonds is 9. The number of allylic oxidation sites excluding steroid dienone is 2. The molecule has 3 rings (SSSR count). The maximum Gasteiger partial charge on any atom is 0.122 e. The molecule has 1 fully saturated rings. The predicted molar refractivity (Wildman–Crippen MR) is 109 cm³/mol. The van der Waals surface area contributed by atoms with Crippen LogP contribution in [-0.2, 0) is 10.5 Å². The maximum atomic E-state index is 5.92. The van der Waals surface area contributed by atoms with Crippen molar-refractivity contribution >= 4 is 27.7 Å². The minimum Gasteiger partial charge on any atom is -0.496 e. The van der Waals surface area contributed by atoms with Crippen molar-refractivity contribution in [2.75, 3.05) is 40.0 Å². The number of methoxy groups -OCH3 is 1. The summed E-state index contributed by atoms with van der Waals surface area (Å²) in [7, 11) is 1.73. The summed E-state index contributed by atoms with van der Waals surface area (Å²) in [5, 5.41) is 0. The van der Waals surface area contributed by atoms with Gasteiger partial charge in [0.25, 0.3) is 0 Å². The van der Waals surface area contributed by atoms with E-state index in [0.717, 1.165) is 35.5 Å². The Morgan fingerprint density at radius 3 is 2.92 bits per heavy atom. The van der Waals surface area contributed by atoms with Crippen LogP contribution in [0.1, 0.15) is 18.9 Å². The fraction of sp³-hybridized carbons (Fsp3) is 0.500. The molecule has 0 amide bonds. The summed E-state index contributed by atoms with van der Waals surface area (Å²) in [4.78, 5) is 3.75. The average Bonchev–Trinajstić information content (AvgIpc) is 3.42. The van der Waals surface area contributed by atoms with Gasteiger partial charge in [0.1, 0.15) is 5.75 Å². The zero-order valence-electron chi connectivity index (χ0n) is 15.0. The van der Waals surface area contributed by atoms with Crippen LogP contribution >= 0.6 is 27.7 Å². The van der Waals surface area contributed by atoms with Crippen molar-refractivity contribution in [3.63, 3.8) is 0 Å². The average molecular weight is 424 g/mol. The van der Waals surface area contributed by atoms with E-state index in [0.29, 0.717) is 12.5 Å². The van der Waals surface area contributed by atoms with Crippen LogP contribution in [0.25, 0.3) is 0 Å². The van der Waals surface area contributed by atoms with Gasteiger partial charge in [-0.3, -0.25) is 4.90 Å². The molecule has 2 aliphatic rings. The second-order valence-electron chi connectivity index (χ2n) is 6.61. The van der Waals surface area contributed by atoms with Crippen LogP contribution in [0.15, 0.2) is 45.3 Å². The number of halogens is 1. The largest absolute Gasteiger partial charge is 0.496 e. The Morgan fingerprint density at radius 1 is 1.32 bits per heavy atom. The van der Waals surface area contributed by atoms with E-state index in [-0.39, 0.29) is 0 Å². The monoisotopic (exact) mass is 423 g/mol. The van der Waals surface area contributed by atoms with Gasteiger partial charge in [-0.05, 0) is 36.1 Å². The van der Waals surface area contributed by atoms with Crippen LogP contribution in [0.3, 0.4) is 0 Å². The molecular weight excluding hydrogens is 398 g/mol. The first-order valence-corrected chi connectivity index (χ1v) is 10.6. The van der Waals surface area contributed by atoms with Gasteiger partial charge < -0.3 is 9.47 Å². The molecule has 1 atom stereocenters. The molecule has 0 spiro atoms. The first-order chi connectivity index (χ1) is 12.2. The van der Waals surface area contributed by atoms with Gasteiger partial charge in [-0.1, -0.05) is 35.0 Å². The normalized spacial score (nSPS) is 20.2. The van der Waals surface area contributed by atoms with E-state index < -0.39 is 0 Å². The Kier molecular flexibility index (Phi) is 7.05. The number of thioether (sulfide) groups is 1. The molecule has 3 nitrogen and oxygen atoms in total. The Balaban J connectivity index is 1.57. The molecule has 0 N–H and O–H groups in total. The summed E-state index contributed by atoms with van der Waals surface area (Å²) in [6.45, 7) is 7.34. The predicted octanol–water partition coefficient (Wildman–Crippen LogP) is 4.87. The summed E-state index contributed by atoms with van der Waals surface area (Å²) in [5.41, 5.74) is 2.55. The van der Waals surface area contributed by atoms with E-state index in [1.807, 2.05) is 23.9 Å². The topological polar surface area (TPSA) is 21.5 Å². The molecule has 1 aromatic rings. The number of nitrogens with zero attached hydrogens (tertiary/aromatic N) is 1. The van der Waals surface area contributed by atoms with Gasteiger partial charge in [0.15, 0.2) is 0 Å². The number of benzene rings is 1. The molecule has 5 heteroatoms. The third-order valence-electron chi connectivity index (χ3n) is 4.45. The summed E-state index contributed by atoms with van der Waals surface area (Å²) >= 11 is 5.43. The molecule has 1 saturated heterocycles. The van der Waals surface area contributed by atoms with Gasteiger partial charge in [0.2, 0.25) is 0 Å². The smallest absolute Gasteiger partial charge is 0.122 e. The lowest BCUT2D eigenvalue weighted by molar-refractivity contribution is 0.148. The maximum absolute atomic E-state index is 5.92. The van der Waals surface area contributed by atoms with Gasteiger partial charge in [-0.2, -0.15) is 0 Å². The van der Waals surface area contributed by atoms with Crippen LogP contribution in [-0.4, -0.2) is 44.9 Å². The van der Waals surface area contributed by atoms with Crippen LogP contribution in [0.5, 0.6) is 5.75 Å². The third kappa shape index (κ3) is 5.88. The Hall–Kier alpha value is -0.750. The van der Waals surface area contributed by atoms with Crippen LogP contribution < -0.4 is 4.74 Å². The lowest BCUT2D eigenvalue weighted by atomic mass is 9.98. The lowest BCUT2D eigenvalue weighted by Crippen LogP contribution is -2.12. The van der Waals surface area contributed by atoms with E-state index in [9.17, 15) is 0 Å². The third-order valence-corrected chi connectivity index (χ3v) is 6.14. The van der Waals surface area contributed by atoms with Gasteiger partial charge in [0.05, 0.1) is 20.3 Å². The van der Waals surface area contributed by atoms with Crippen molar-refractivity contribution in [2.24, 2.45) is 5.92 Å². The minimum absolute atomic E-state index is 0.593. The molecule has 25 heavy (non-hydrogen) atoms. The van der Waals surface area contributed by atoms with Crippen molar-refractivity contribution in [1.82, 2.24) is 4.90 Å². The van der Waals surface area contributed by atoms with E-state index in [2.05, 4.69) is 46.0 Å². The SMILES string of the molecule is COc1ccc(Br)cc1CSC1=CCC(C)C=C1COCCN1CC1. The number of ether oxygens (including phenoxy) is 2. The Labute approximate surface area is 163 Å². The summed E-state index contributed by atoms with van der Waals surface area (Å²) in [6, 6.07) is 6.18. The van der Waals surface area contributed by atoms with Crippen molar-refractivity contribution < 1.29 is 9.47 Å². The number of hydrogen-bond donors (Lipinski definition) is 0. The highest BCUT2D eigenvalue weighted by Gasteiger charge is 2.17. The molecule has 136 valence electrons. The highest BCUT2D eigenvalue weighted by atomic mass is 79.9. The standard InChI is InChI=1S/C20H26BrNO2S/c1-15-3-6-20(16(11-15)13-24-10-9-22-7-8-22)25-14-17-12-18(21)4-5-19(17)23-2/h4-6,11-12,15H,3,7-10,13-14H2,1-2H3. The second kappa shape index (κ2) is 9.26. The zero-order chi connectivity index (χ0) is 17.6. The van der Waals surface area contributed by atoms with E-state index >= 15 is 0 Å². The fourth-order valence-electron chi connectivity index (χ4n) is 2.87. The minimum atomic E-state index is 0.593. The highest BCUT2D eigenvalue weighted by molar-refractivity contribution is 9.10. The molecule has 0 bridgehead atoms.